The van der Waals surface area contributed by atoms with Crippen LogP contribution in [-0.4, -0.2) is 10.5 Å². The molecule has 0 atom stereocenters. The topological polar surface area (TPSA) is 37.9 Å². The van der Waals surface area contributed by atoms with Gasteiger partial charge in [0.1, 0.15) is 24.8 Å². The van der Waals surface area contributed by atoms with Crippen LogP contribution in [0.2, 0.25) is 0 Å². The number of benzene rings is 3. The van der Waals surface area contributed by atoms with Crippen molar-refractivity contribution in [2.24, 2.45) is 0 Å². The Hall–Kier alpha value is -3.73. The normalized spacial score (nSPS) is 10.7. The number of rotatable bonds is 6. The third-order valence-electron chi connectivity index (χ3n) is 4.64. The number of carbonyl (C=O) groups is 1. The zero-order valence-corrected chi connectivity index (χ0v) is 15.8. The molecule has 29 heavy (non-hydrogen) atoms. The summed E-state index contributed by atoms with van der Waals surface area (Å²) in [7, 11) is 0. The Morgan fingerprint density at radius 1 is 0.897 bits per heavy atom. The van der Waals surface area contributed by atoms with Crippen LogP contribution >= 0.6 is 0 Å². The van der Waals surface area contributed by atoms with E-state index in [4.69, 9.17) is 0 Å². The van der Waals surface area contributed by atoms with Gasteiger partial charge in [0, 0.05) is 5.69 Å². The van der Waals surface area contributed by atoms with Gasteiger partial charge in [-0.3, -0.25) is 4.79 Å². The first-order valence-corrected chi connectivity index (χ1v) is 9.42. The lowest BCUT2D eigenvalue weighted by Crippen LogP contribution is -2.36. The summed E-state index contributed by atoms with van der Waals surface area (Å²) in [6.45, 7) is 0.771. The molecule has 0 spiro atoms. The lowest BCUT2D eigenvalue weighted by Gasteiger charge is -2.07. The second kappa shape index (κ2) is 8.52. The number of nitrogens with one attached hydrogen (secondary N) is 1. The minimum atomic E-state index is -0.253. The average Bonchev–Trinajstić information content (AvgIpc) is 3.13. The minimum Gasteiger partial charge on any atom is -0.323 e. The van der Waals surface area contributed by atoms with E-state index >= 15 is 0 Å². The molecule has 4 aromatic rings. The monoisotopic (exact) mass is 386 g/mol. The summed E-state index contributed by atoms with van der Waals surface area (Å²) in [5.41, 5.74) is 2.76. The quantitative estimate of drug-likeness (QED) is 0.494. The van der Waals surface area contributed by atoms with Crippen molar-refractivity contribution in [3.8, 4) is 11.4 Å². The van der Waals surface area contributed by atoms with Crippen molar-refractivity contribution in [2.45, 2.75) is 13.1 Å². The van der Waals surface area contributed by atoms with E-state index in [1.54, 1.807) is 12.1 Å². The Kier molecular flexibility index (Phi) is 5.47. The van der Waals surface area contributed by atoms with Gasteiger partial charge in [0.25, 0.3) is 11.7 Å². The van der Waals surface area contributed by atoms with E-state index in [1.807, 2.05) is 77.6 Å². The van der Waals surface area contributed by atoms with Crippen molar-refractivity contribution in [1.82, 2.24) is 4.57 Å². The van der Waals surface area contributed by atoms with Crippen molar-refractivity contribution < 1.29 is 13.8 Å². The van der Waals surface area contributed by atoms with Gasteiger partial charge in [-0.15, -0.1) is 0 Å². The van der Waals surface area contributed by atoms with E-state index < -0.39 is 0 Å². The van der Waals surface area contributed by atoms with E-state index in [9.17, 15) is 9.18 Å². The summed E-state index contributed by atoms with van der Waals surface area (Å²) in [6, 6.07) is 25.8. The van der Waals surface area contributed by atoms with Gasteiger partial charge in [0.05, 0.1) is 5.56 Å². The predicted octanol–water partition coefficient (Wildman–Crippen LogP) is 4.27. The number of nitrogens with zero attached hydrogens (tertiary/aromatic N) is 2. The van der Waals surface area contributed by atoms with Crippen LogP contribution in [-0.2, 0) is 17.9 Å². The Labute approximate surface area is 168 Å². The molecule has 4 rings (SSSR count). The number of carbonyl (C=O) groups excluding carboxylic acids is 1. The molecule has 3 aromatic carbocycles. The predicted molar refractivity (Wildman–Crippen MR) is 111 cm³/mol. The molecule has 1 amide bonds. The number of amides is 1. The third-order valence-corrected chi connectivity index (χ3v) is 4.64. The van der Waals surface area contributed by atoms with E-state index in [0.29, 0.717) is 6.54 Å². The van der Waals surface area contributed by atoms with Crippen LogP contribution in [0.15, 0.2) is 97.3 Å². The van der Waals surface area contributed by atoms with Gasteiger partial charge in [-0.2, -0.15) is 0 Å². The fourth-order valence-electron chi connectivity index (χ4n) is 3.30. The molecule has 0 unspecified atom stereocenters. The number of aromatic nitrogens is 2. The van der Waals surface area contributed by atoms with Gasteiger partial charge >= 0.3 is 0 Å². The summed E-state index contributed by atoms with van der Waals surface area (Å²) < 4.78 is 17.2. The van der Waals surface area contributed by atoms with Crippen LogP contribution in [0.25, 0.3) is 11.4 Å². The lowest BCUT2D eigenvalue weighted by atomic mass is 10.2. The van der Waals surface area contributed by atoms with Gasteiger partial charge in [0.2, 0.25) is 0 Å². The average molecular weight is 386 g/mol. The van der Waals surface area contributed by atoms with Gasteiger partial charge in [-0.05, 0) is 42.0 Å². The van der Waals surface area contributed by atoms with Crippen LogP contribution in [0.1, 0.15) is 5.56 Å². The number of imidazole rings is 1. The first kappa shape index (κ1) is 18.6. The summed E-state index contributed by atoms with van der Waals surface area (Å²) in [4.78, 5) is 12.6. The zero-order valence-electron chi connectivity index (χ0n) is 15.8. The van der Waals surface area contributed by atoms with Crippen LogP contribution in [0.5, 0.6) is 0 Å². The Balaban J connectivity index is 1.62. The molecule has 4 nitrogen and oxygen atoms in total. The van der Waals surface area contributed by atoms with Crippen molar-refractivity contribution in [2.75, 3.05) is 5.32 Å². The maximum atomic E-state index is 13.2. The maximum Gasteiger partial charge on any atom is 0.289 e. The second-order valence-corrected chi connectivity index (χ2v) is 6.78. The molecule has 1 aromatic heterocycles. The highest BCUT2D eigenvalue weighted by molar-refractivity contribution is 5.90. The standard InChI is InChI=1S/C24H20FN3O/c25-21-13-11-19(12-14-21)17-27-15-16-28(24(27)20-7-3-1-4-8-20)18-23(29)26-22-9-5-2-6-10-22/h1-16H,17-18H2/p+1. The molecule has 0 aliphatic heterocycles. The first-order valence-electron chi connectivity index (χ1n) is 9.42. The molecule has 0 radical (unpaired) electrons. The fourth-order valence-corrected chi connectivity index (χ4v) is 3.30. The van der Waals surface area contributed by atoms with Crippen molar-refractivity contribution in [3.05, 3.63) is 109 Å². The first-order chi connectivity index (χ1) is 14.2. The Morgan fingerprint density at radius 2 is 1.55 bits per heavy atom. The zero-order chi connectivity index (χ0) is 20.1. The number of anilines is 1. The Morgan fingerprint density at radius 3 is 2.24 bits per heavy atom. The second-order valence-electron chi connectivity index (χ2n) is 6.78. The van der Waals surface area contributed by atoms with E-state index in [0.717, 1.165) is 22.6 Å². The van der Waals surface area contributed by atoms with Crippen LogP contribution in [0, 0.1) is 5.82 Å². The highest BCUT2D eigenvalue weighted by Crippen LogP contribution is 2.17. The molecule has 0 fully saturated rings. The highest BCUT2D eigenvalue weighted by Gasteiger charge is 2.21. The molecule has 0 saturated heterocycles. The lowest BCUT2D eigenvalue weighted by molar-refractivity contribution is -0.676. The molecule has 144 valence electrons. The van der Waals surface area contributed by atoms with Gasteiger partial charge in [0.15, 0.2) is 6.54 Å². The molecule has 0 bridgehead atoms. The molecule has 0 aliphatic carbocycles. The van der Waals surface area contributed by atoms with Crippen LogP contribution in [0.3, 0.4) is 0 Å². The third kappa shape index (κ3) is 4.58. The van der Waals surface area contributed by atoms with Crippen molar-refractivity contribution in [1.29, 1.82) is 0 Å². The van der Waals surface area contributed by atoms with E-state index in [-0.39, 0.29) is 18.3 Å². The number of hydrogen-bond acceptors (Lipinski definition) is 1. The van der Waals surface area contributed by atoms with Crippen molar-refractivity contribution >= 4 is 11.6 Å². The maximum absolute atomic E-state index is 13.2. The van der Waals surface area contributed by atoms with Crippen LogP contribution < -0.4 is 9.88 Å². The highest BCUT2D eigenvalue weighted by atomic mass is 19.1. The molecule has 0 aliphatic rings. The molecular weight excluding hydrogens is 365 g/mol. The minimum absolute atomic E-state index is 0.0992. The number of hydrogen-bond donors (Lipinski definition) is 1. The van der Waals surface area contributed by atoms with Gasteiger partial charge in [-0.25, -0.2) is 13.5 Å². The number of para-hydroxylation sites is 1. The smallest absolute Gasteiger partial charge is 0.289 e. The number of halogens is 1. The summed E-state index contributed by atoms with van der Waals surface area (Å²) >= 11 is 0. The Bertz CT molecular complexity index is 1090. The summed E-state index contributed by atoms with van der Waals surface area (Å²) in [6.07, 6.45) is 3.85. The summed E-state index contributed by atoms with van der Waals surface area (Å²) in [5, 5.41) is 2.92. The fraction of sp³-hybridized carbons (Fsp3) is 0.0833. The van der Waals surface area contributed by atoms with Gasteiger partial charge in [-0.1, -0.05) is 48.5 Å². The molecule has 1 N–H and O–H groups in total. The van der Waals surface area contributed by atoms with Gasteiger partial charge < -0.3 is 5.32 Å². The SMILES string of the molecule is O=C(Cn1cc[n+](Cc2ccc(F)cc2)c1-c1ccccc1)Nc1ccccc1. The molecule has 1 heterocycles. The van der Waals surface area contributed by atoms with Crippen LogP contribution in [0.4, 0.5) is 10.1 Å². The van der Waals surface area contributed by atoms with E-state index in [1.165, 1.54) is 12.1 Å². The summed E-state index contributed by atoms with van der Waals surface area (Å²) in [5.74, 6) is 0.563. The molecule has 0 saturated carbocycles. The van der Waals surface area contributed by atoms with E-state index in [2.05, 4.69) is 9.88 Å². The molecule has 5 heteroatoms. The van der Waals surface area contributed by atoms with Crippen molar-refractivity contribution in [3.63, 3.8) is 0 Å². The molecular formula is C24H21FN3O+. The largest absolute Gasteiger partial charge is 0.323 e.